The van der Waals surface area contributed by atoms with E-state index >= 15 is 0 Å². The smallest absolute Gasteiger partial charge is 0.241 e. The molecule has 1 heterocycles. The Morgan fingerprint density at radius 1 is 1.04 bits per heavy atom. The summed E-state index contributed by atoms with van der Waals surface area (Å²) in [5.41, 5.74) is 0.805. The van der Waals surface area contributed by atoms with Gasteiger partial charge in [0.2, 0.25) is 10.0 Å². The minimum atomic E-state index is -3.66. The number of nitrogens with zero attached hydrogens (tertiary/aromatic N) is 1. The Kier molecular flexibility index (Phi) is 5.85. The lowest BCUT2D eigenvalue weighted by Crippen LogP contribution is -2.23. The molecule has 1 N–H and O–H groups in total. The summed E-state index contributed by atoms with van der Waals surface area (Å²) in [5, 5.41) is 1.45. The standard InChI is InChI=1S/C20H22N2O3S/c1-2-3-13-25-19-10-11-20(18-9-5-4-8-17(18)19)26(23,24)22-15-16-7-6-12-21-14-16/h4-12,14,22H,2-3,13,15H2,1H3. The molecule has 26 heavy (non-hydrogen) atoms. The molecule has 0 aliphatic rings. The van der Waals surface area contributed by atoms with Crippen molar-refractivity contribution in [1.29, 1.82) is 0 Å². The van der Waals surface area contributed by atoms with Crippen LogP contribution in [-0.2, 0) is 16.6 Å². The lowest BCUT2D eigenvalue weighted by Gasteiger charge is -2.13. The maximum absolute atomic E-state index is 12.8. The Bertz CT molecular complexity index is 973. The van der Waals surface area contributed by atoms with E-state index in [1.807, 2.05) is 24.3 Å². The fraction of sp³-hybridized carbons (Fsp3) is 0.250. The second kappa shape index (κ2) is 8.29. The van der Waals surface area contributed by atoms with Gasteiger partial charge in [0.25, 0.3) is 0 Å². The maximum Gasteiger partial charge on any atom is 0.241 e. The molecular formula is C20H22N2O3S. The Morgan fingerprint density at radius 2 is 1.85 bits per heavy atom. The summed E-state index contributed by atoms with van der Waals surface area (Å²) >= 11 is 0. The molecule has 2 aromatic carbocycles. The highest BCUT2D eigenvalue weighted by Gasteiger charge is 2.18. The summed E-state index contributed by atoms with van der Waals surface area (Å²) in [5.74, 6) is 0.709. The van der Waals surface area contributed by atoms with Gasteiger partial charge in [0, 0.05) is 29.7 Å². The summed E-state index contributed by atoms with van der Waals surface area (Å²) in [6.07, 6.45) is 5.30. The lowest BCUT2D eigenvalue weighted by atomic mass is 10.1. The van der Waals surface area contributed by atoms with E-state index in [4.69, 9.17) is 4.74 Å². The van der Waals surface area contributed by atoms with Gasteiger partial charge in [-0.05, 0) is 30.2 Å². The van der Waals surface area contributed by atoms with E-state index in [9.17, 15) is 8.42 Å². The zero-order valence-electron chi connectivity index (χ0n) is 14.7. The fourth-order valence-corrected chi connectivity index (χ4v) is 3.92. The van der Waals surface area contributed by atoms with Crippen LogP contribution in [0, 0.1) is 0 Å². The predicted molar refractivity (Wildman–Crippen MR) is 103 cm³/mol. The first-order valence-electron chi connectivity index (χ1n) is 8.65. The zero-order chi connectivity index (χ0) is 18.4. The van der Waals surface area contributed by atoms with Crippen molar-refractivity contribution in [3.8, 4) is 5.75 Å². The van der Waals surface area contributed by atoms with E-state index in [0.29, 0.717) is 17.7 Å². The van der Waals surface area contributed by atoms with E-state index in [2.05, 4.69) is 16.6 Å². The highest BCUT2D eigenvalue weighted by atomic mass is 32.2. The summed E-state index contributed by atoms with van der Waals surface area (Å²) in [7, 11) is -3.66. The molecule has 0 fully saturated rings. The second-order valence-corrected chi connectivity index (χ2v) is 7.73. The molecular weight excluding hydrogens is 348 g/mol. The van der Waals surface area contributed by atoms with Crippen molar-refractivity contribution in [3.63, 3.8) is 0 Å². The Balaban J connectivity index is 1.90. The number of ether oxygens (including phenoxy) is 1. The topological polar surface area (TPSA) is 68.3 Å². The van der Waals surface area contributed by atoms with Gasteiger partial charge < -0.3 is 4.74 Å². The quantitative estimate of drug-likeness (QED) is 0.611. The number of unbranched alkanes of at least 4 members (excludes halogenated alkanes) is 1. The molecule has 1 aromatic heterocycles. The number of aromatic nitrogens is 1. The van der Waals surface area contributed by atoms with Gasteiger partial charge in [0.15, 0.2) is 0 Å². The Morgan fingerprint density at radius 3 is 2.58 bits per heavy atom. The van der Waals surface area contributed by atoms with Gasteiger partial charge >= 0.3 is 0 Å². The van der Waals surface area contributed by atoms with Crippen LogP contribution in [0.5, 0.6) is 5.75 Å². The highest BCUT2D eigenvalue weighted by molar-refractivity contribution is 7.89. The average molecular weight is 370 g/mol. The zero-order valence-corrected chi connectivity index (χ0v) is 15.5. The summed E-state index contributed by atoms with van der Waals surface area (Å²) < 4.78 is 34.1. The first-order chi connectivity index (χ1) is 12.6. The predicted octanol–water partition coefficient (Wildman–Crippen LogP) is 3.89. The van der Waals surface area contributed by atoms with Gasteiger partial charge in [-0.15, -0.1) is 0 Å². The molecule has 0 saturated heterocycles. The van der Waals surface area contributed by atoms with Gasteiger partial charge in [-0.25, -0.2) is 13.1 Å². The van der Waals surface area contributed by atoms with Crippen LogP contribution in [0.25, 0.3) is 10.8 Å². The van der Waals surface area contributed by atoms with Crippen LogP contribution < -0.4 is 9.46 Å². The summed E-state index contributed by atoms with van der Waals surface area (Å²) in [6.45, 7) is 2.91. The molecule has 0 aliphatic heterocycles. The van der Waals surface area contributed by atoms with E-state index in [1.54, 1.807) is 36.7 Å². The van der Waals surface area contributed by atoms with Crippen molar-refractivity contribution in [2.24, 2.45) is 0 Å². The molecule has 0 saturated carbocycles. The van der Waals surface area contributed by atoms with Gasteiger partial charge in [0.05, 0.1) is 11.5 Å². The van der Waals surface area contributed by atoms with Crippen molar-refractivity contribution in [2.45, 2.75) is 31.2 Å². The lowest BCUT2D eigenvalue weighted by molar-refractivity contribution is 0.313. The monoisotopic (exact) mass is 370 g/mol. The molecule has 0 radical (unpaired) electrons. The normalized spacial score (nSPS) is 11.6. The van der Waals surface area contributed by atoms with E-state index < -0.39 is 10.0 Å². The summed E-state index contributed by atoms with van der Waals surface area (Å²) in [6, 6.07) is 14.4. The highest BCUT2D eigenvalue weighted by Crippen LogP contribution is 2.31. The molecule has 5 nitrogen and oxygen atoms in total. The Hall–Kier alpha value is -2.44. The molecule has 0 bridgehead atoms. The number of benzene rings is 2. The van der Waals surface area contributed by atoms with Crippen molar-refractivity contribution < 1.29 is 13.2 Å². The maximum atomic E-state index is 12.8. The first kappa shape index (κ1) is 18.4. The van der Waals surface area contributed by atoms with Gasteiger partial charge in [-0.3, -0.25) is 4.98 Å². The van der Waals surface area contributed by atoms with Crippen LogP contribution in [0.2, 0.25) is 0 Å². The van der Waals surface area contributed by atoms with E-state index in [1.165, 1.54) is 0 Å². The fourth-order valence-electron chi connectivity index (χ4n) is 2.69. The summed E-state index contributed by atoms with van der Waals surface area (Å²) in [4.78, 5) is 4.25. The molecule has 3 rings (SSSR count). The van der Waals surface area contributed by atoms with Crippen LogP contribution in [0.3, 0.4) is 0 Å². The third kappa shape index (κ3) is 4.20. The van der Waals surface area contributed by atoms with Crippen LogP contribution in [0.15, 0.2) is 65.8 Å². The number of rotatable bonds is 8. The Labute approximate surface area is 154 Å². The van der Waals surface area contributed by atoms with Gasteiger partial charge in [0.1, 0.15) is 5.75 Å². The number of sulfonamides is 1. The van der Waals surface area contributed by atoms with Gasteiger partial charge in [-0.1, -0.05) is 43.7 Å². The minimum absolute atomic E-state index is 0.194. The minimum Gasteiger partial charge on any atom is -0.493 e. The molecule has 136 valence electrons. The van der Waals surface area contributed by atoms with Crippen molar-refractivity contribution in [2.75, 3.05) is 6.61 Å². The molecule has 0 atom stereocenters. The number of pyridine rings is 1. The largest absolute Gasteiger partial charge is 0.493 e. The van der Waals surface area contributed by atoms with E-state index in [0.717, 1.165) is 23.8 Å². The number of fused-ring (bicyclic) bond motifs is 1. The third-order valence-corrected chi connectivity index (χ3v) is 5.54. The van der Waals surface area contributed by atoms with Crippen LogP contribution in [0.4, 0.5) is 0 Å². The number of hydrogen-bond donors (Lipinski definition) is 1. The molecule has 0 amide bonds. The second-order valence-electron chi connectivity index (χ2n) is 6.00. The third-order valence-electron chi connectivity index (χ3n) is 4.08. The molecule has 3 aromatic rings. The molecule has 0 unspecified atom stereocenters. The average Bonchev–Trinajstić information content (AvgIpc) is 2.67. The van der Waals surface area contributed by atoms with Crippen LogP contribution in [0.1, 0.15) is 25.3 Å². The van der Waals surface area contributed by atoms with Crippen molar-refractivity contribution in [1.82, 2.24) is 9.71 Å². The SMILES string of the molecule is CCCCOc1ccc(S(=O)(=O)NCc2cccnc2)c2ccccc12. The number of hydrogen-bond acceptors (Lipinski definition) is 4. The first-order valence-corrected chi connectivity index (χ1v) is 10.1. The van der Waals surface area contributed by atoms with Crippen LogP contribution >= 0.6 is 0 Å². The van der Waals surface area contributed by atoms with Crippen molar-refractivity contribution >= 4 is 20.8 Å². The van der Waals surface area contributed by atoms with Crippen LogP contribution in [-0.4, -0.2) is 20.0 Å². The molecule has 0 spiro atoms. The number of nitrogens with one attached hydrogen (secondary N) is 1. The van der Waals surface area contributed by atoms with Crippen molar-refractivity contribution in [3.05, 3.63) is 66.5 Å². The van der Waals surface area contributed by atoms with Gasteiger partial charge in [-0.2, -0.15) is 0 Å². The molecule has 6 heteroatoms. The molecule has 0 aliphatic carbocycles. The van der Waals surface area contributed by atoms with E-state index in [-0.39, 0.29) is 11.4 Å².